The number of nitrogens with two attached hydrogens (primary N) is 1. The van der Waals surface area contributed by atoms with E-state index in [2.05, 4.69) is 25.6 Å². The molecule has 0 bridgehead atoms. The Kier molecular flexibility index (Phi) is 2.93. The number of rotatable bonds is 4. The van der Waals surface area contributed by atoms with Gasteiger partial charge in [0.1, 0.15) is 5.82 Å². The first-order valence-electron chi connectivity index (χ1n) is 5.93. The van der Waals surface area contributed by atoms with Gasteiger partial charge in [0.2, 0.25) is 5.95 Å². The van der Waals surface area contributed by atoms with E-state index in [1.54, 1.807) is 17.1 Å². The van der Waals surface area contributed by atoms with Gasteiger partial charge in [0.15, 0.2) is 0 Å². The van der Waals surface area contributed by atoms with Crippen LogP contribution in [0.25, 0.3) is 10.9 Å². The zero-order valence-corrected chi connectivity index (χ0v) is 10.2. The van der Waals surface area contributed by atoms with Crippen molar-refractivity contribution in [3.63, 3.8) is 0 Å². The first-order valence-corrected chi connectivity index (χ1v) is 5.93. The highest BCUT2D eigenvalue weighted by atomic mass is 15.4. The highest BCUT2D eigenvalue weighted by Crippen LogP contribution is 2.18. The Balaban J connectivity index is 1.74. The molecule has 0 atom stereocenters. The first-order chi connectivity index (χ1) is 9.33. The minimum atomic E-state index is 0.480. The quantitative estimate of drug-likeness (QED) is 0.719. The lowest BCUT2D eigenvalue weighted by molar-refractivity contribution is 0.607. The summed E-state index contributed by atoms with van der Waals surface area (Å²) in [6, 6.07) is 7.66. The zero-order chi connectivity index (χ0) is 13.1. The Morgan fingerprint density at radius 1 is 1.21 bits per heavy atom. The highest BCUT2D eigenvalue weighted by molar-refractivity contribution is 5.88. The molecule has 3 aromatic rings. The topological polar surface area (TPSA) is 94.5 Å². The zero-order valence-electron chi connectivity index (χ0n) is 10.2. The molecule has 7 nitrogen and oxygen atoms in total. The fourth-order valence-electron chi connectivity index (χ4n) is 1.81. The normalized spacial score (nSPS) is 10.7. The monoisotopic (exact) mass is 255 g/mol. The summed E-state index contributed by atoms with van der Waals surface area (Å²) >= 11 is 0. The lowest BCUT2D eigenvalue weighted by atomic mass is 10.2. The van der Waals surface area contributed by atoms with Crippen molar-refractivity contribution in [2.45, 2.75) is 6.54 Å². The van der Waals surface area contributed by atoms with Gasteiger partial charge < -0.3 is 11.1 Å². The molecule has 0 aliphatic carbocycles. The lowest BCUT2D eigenvalue weighted by Crippen LogP contribution is -2.13. The Labute approximate surface area is 109 Å². The number of anilines is 2. The molecule has 7 heteroatoms. The SMILES string of the molecule is Nc1nc(NCCn2ccnn2)nc2ccccc12. The van der Waals surface area contributed by atoms with Crippen LogP contribution in [0.2, 0.25) is 0 Å². The maximum atomic E-state index is 5.90. The summed E-state index contributed by atoms with van der Waals surface area (Å²) in [5.41, 5.74) is 6.74. The van der Waals surface area contributed by atoms with E-state index in [1.165, 1.54) is 0 Å². The van der Waals surface area contributed by atoms with E-state index in [4.69, 9.17) is 5.73 Å². The molecule has 0 saturated heterocycles. The van der Waals surface area contributed by atoms with Gasteiger partial charge in [-0.1, -0.05) is 17.3 Å². The fourth-order valence-corrected chi connectivity index (χ4v) is 1.81. The molecule has 0 aliphatic heterocycles. The second-order valence-electron chi connectivity index (χ2n) is 4.04. The maximum Gasteiger partial charge on any atom is 0.225 e. The van der Waals surface area contributed by atoms with Crippen molar-refractivity contribution >= 4 is 22.7 Å². The lowest BCUT2D eigenvalue weighted by Gasteiger charge is -2.07. The van der Waals surface area contributed by atoms with E-state index < -0.39 is 0 Å². The predicted molar refractivity (Wildman–Crippen MR) is 72.5 cm³/mol. The second kappa shape index (κ2) is 4.89. The van der Waals surface area contributed by atoms with Crippen LogP contribution in [0.3, 0.4) is 0 Å². The number of nitrogen functional groups attached to an aromatic ring is 1. The van der Waals surface area contributed by atoms with Crippen LogP contribution in [0, 0.1) is 0 Å². The van der Waals surface area contributed by atoms with Crippen molar-refractivity contribution in [3.8, 4) is 0 Å². The molecule has 0 saturated carbocycles. The molecule has 2 heterocycles. The van der Waals surface area contributed by atoms with Crippen molar-refractivity contribution < 1.29 is 0 Å². The average Bonchev–Trinajstić information content (AvgIpc) is 2.92. The molecule has 2 aromatic heterocycles. The van der Waals surface area contributed by atoms with Gasteiger partial charge in [-0.15, -0.1) is 5.10 Å². The molecule has 0 radical (unpaired) electrons. The molecular formula is C12H13N7. The summed E-state index contributed by atoms with van der Waals surface area (Å²) in [5, 5.41) is 11.6. The number of nitrogens with one attached hydrogen (secondary N) is 1. The summed E-state index contributed by atoms with van der Waals surface area (Å²) < 4.78 is 1.73. The molecule has 0 aliphatic rings. The van der Waals surface area contributed by atoms with Crippen LogP contribution in [-0.4, -0.2) is 31.5 Å². The number of benzene rings is 1. The summed E-state index contributed by atoms with van der Waals surface area (Å²) in [4.78, 5) is 8.64. The number of hydrogen-bond donors (Lipinski definition) is 2. The molecule has 3 rings (SSSR count). The minimum Gasteiger partial charge on any atom is -0.383 e. The summed E-state index contributed by atoms with van der Waals surface area (Å²) in [6.07, 6.45) is 3.45. The third-order valence-electron chi connectivity index (χ3n) is 2.73. The predicted octanol–water partition coefficient (Wildman–Crippen LogP) is 0.916. The van der Waals surface area contributed by atoms with Crippen molar-refractivity contribution in [3.05, 3.63) is 36.7 Å². The van der Waals surface area contributed by atoms with Gasteiger partial charge in [0.25, 0.3) is 0 Å². The third kappa shape index (κ3) is 2.44. The number of aromatic nitrogens is 5. The van der Waals surface area contributed by atoms with Crippen molar-refractivity contribution in [2.75, 3.05) is 17.6 Å². The van der Waals surface area contributed by atoms with Crippen LogP contribution in [0.5, 0.6) is 0 Å². The summed E-state index contributed by atoms with van der Waals surface area (Å²) in [5.74, 6) is 1.00. The minimum absolute atomic E-state index is 0.480. The van der Waals surface area contributed by atoms with Gasteiger partial charge >= 0.3 is 0 Å². The van der Waals surface area contributed by atoms with Crippen molar-refractivity contribution in [1.29, 1.82) is 0 Å². The Morgan fingerprint density at radius 2 is 2.11 bits per heavy atom. The first kappa shape index (κ1) is 11.4. The smallest absolute Gasteiger partial charge is 0.225 e. The molecule has 0 spiro atoms. The molecule has 1 aromatic carbocycles. The molecule has 0 fully saturated rings. The van der Waals surface area contributed by atoms with Crippen LogP contribution in [0.15, 0.2) is 36.7 Å². The van der Waals surface area contributed by atoms with Gasteiger partial charge in [0.05, 0.1) is 18.3 Å². The van der Waals surface area contributed by atoms with Crippen LogP contribution in [-0.2, 0) is 6.54 Å². The highest BCUT2D eigenvalue weighted by Gasteiger charge is 2.03. The molecule has 96 valence electrons. The standard InChI is InChI=1S/C12H13N7/c13-11-9-3-1-2-4-10(9)16-12(17-11)14-5-7-19-8-6-15-18-19/h1-4,6,8H,5,7H2,(H3,13,14,16,17). The van der Waals surface area contributed by atoms with E-state index in [-0.39, 0.29) is 0 Å². The molecule has 0 unspecified atom stereocenters. The summed E-state index contributed by atoms with van der Waals surface area (Å²) in [7, 11) is 0. The largest absolute Gasteiger partial charge is 0.383 e. The second-order valence-corrected chi connectivity index (χ2v) is 4.04. The van der Waals surface area contributed by atoms with Crippen LogP contribution in [0.4, 0.5) is 11.8 Å². The van der Waals surface area contributed by atoms with Gasteiger partial charge in [-0.25, -0.2) is 4.98 Å². The van der Waals surface area contributed by atoms with Gasteiger partial charge in [-0.05, 0) is 12.1 Å². The van der Waals surface area contributed by atoms with E-state index >= 15 is 0 Å². The number of hydrogen-bond acceptors (Lipinski definition) is 6. The van der Waals surface area contributed by atoms with Crippen LogP contribution in [0.1, 0.15) is 0 Å². The van der Waals surface area contributed by atoms with E-state index in [0.29, 0.717) is 24.9 Å². The van der Waals surface area contributed by atoms with E-state index in [0.717, 1.165) is 10.9 Å². The van der Waals surface area contributed by atoms with Gasteiger partial charge in [0, 0.05) is 18.1 Å². The van der Waals surface area contributed by atoms with Crippen LogP contribution < -0.4 is 11.1 Å². The third-order valence-corrected chi connectivity index (χ3v) is 2.73. The van der Waals surface area contributed by atoms with Gasteiger partial charge in [-0.3, -0.25) is 4.68 Å². The van der Waals surface area contributed by atoms with Gasteiger partial charge in [-0.2, -0.15) is 4.98 Å². The molecular weight excluding hydrogens is 242 g/mol. The molecule has 3 N–H and O–H groups in total. The number of nitrogens with zero attached hydrogens (tertiary/aromatic N) is 5. The summed E-state index contributed by atoms with van der Waals surface area (Å²) in [6.45, 7) is 1.34. The number of fused-ring (bicyclic) bond motifs is 1. The van der Waals surface area contributed by atoms with E-state index in [9.17, 15) is 0 Å². The average molecular weight is 255 g/mol. The molecule has 0 amide bonds. The Bertz CT molecular complexity index is 678. The fraction of sp³-hybridized carbons (Fsp3) is 0.167. The number of para-hydroxylation sites is 1. The molecule has 19 heavy (non-hydrogen) atoms. The van der Waals surface area contributed by atoms with Crippen molar-refractivity contribution in [1.82, 2.24) is 25.0 Å². The Hall–Kier alpha value is -2.70. The van der Waals surface area contributed by atoms with Crippen molar-refractivity contribution in [2.24, 2.45) is 0 Å². The maximum absolute atomic E-state index is 5.90. The van der Waals surface area contributed by atoms with Crippen LogP contribution >= 0.6 is 0 Å². The van der Waals surface area contributed by atoms with E-state index in [1.807, 2.05) is 24.3 Å². The Morgan fingerprint density at radius 3 is 2.95 bits per heavy atom.